The predicted octanol–water partition coefficient (Wildman–Crippen LogP) is 1.99. The molecule has 0 amide bonds. The van der Waals surface area contributed by atoms with Crippen LogP contribution in [0.2, 0.25) is 0 Å². The molecule has 18 heavy (non-hydrogen) atoms. The molecule has 0 unspecified atom stereocenters. The van der Waals surface area contributed by atoms with E-state index < -0.39 is 0 Å². The number of nitrogens with one attached hydrogen (secondary N) is 1. The van der Waals surface area contributed by atoms with E-state index in [9.17, 15) is 0 Å². The highest BCUT2D eigenvalue weighted by Gasteiger charge is 2.31. The summed E-state index contributed by atoms with van der Waals surface area (Å²) in [5.74, 6) is 1.73. The molecule has 2 aromatic heterocycles. The fourth-order valence-electron chi connectivity index (χ4n) is 2.61. The maximum absolute atomic E-state index is 5.33. The predicted molar refractivity (Wildman–Crippen MR) is 67.0 cm³/mol. The zero-order valence-corrected chi connectivity index (χ0v) is 10.3. The second-order valence-corrected chi connectivity index (χ2v) is 4.63. The minimum Gasteiger partial charge on any atom is -0.334 e. The van der Waals surface area contributed by atoms with Gasteiger partial charge in [0.15, 0.2) is 5.82 Å². The first-order valence-electron chi connectivity index (χ1n) is 6.30. The van der Waals surface area contributed by atoms with Crippen molar-refractivity contribution in [1.29, 1.82) is 0 Å². The van der Waals surface area contributed by atoms with E-state index in [-0.39, 0.29) is 0 Å². The second-order valence-electron chi connectivity index (χ2n) is 4.63. The van der Waals surface area contributed by atoms with E-state index in [0.29, 0.717) is 17.9 Å². The van der Waals surface area contributed by atoms with Crippen LogP contribution in [0.25, 0.3) is 11.5 Å². The maximum atomic E-state index is 5.33. The van der Waals surface area contributed by atoms with E-state index in [1.165, 1.54) is 12.8 Å². The lowest BCUT2D eigenvalue weighted by atomic mass is 10.0. The fraction of sp³-hybridized carbons (Fsp3) is 0.462. The molecule has 1 saturated carbocycles. The molecule has 2 atom stereocenters. The summed E-state index contributed by atoms with van der Waals surface area (Å²) in [6.45, 7) is 0. The second kappa shape index (κ2) is 4.86. The molecule has 1 fully saturated rings. The number of hydrogen-bond donors (Lipinski definition) is 1. The summed E-state index contributed by atoms with van der Waals surface area (Å²) in [7, 11) is 1.99. The van der Waals surface area contributed by atoms with Crippen LogP contribution in [0.5, 0.6) is 0 Å². The van der Waals surface area contributed by atoms with E-state index in [2.05, 4.69) is 20.4 Å². The van der Waals surface area contributed by atoms with E-state index >= 15 is 0 Å². The van der Waals surface area contributed by atoms with Crippen molar-refractivity contribution in [3.8, 4) is 11.5 Å². The Morgan fingerprint density at radius 1 is 1.39 bits per heavy atom. The lowest BCUT2D eigenvalue weighted by Crippen LogP contribution is -2.28. The molecule has 1 aliphatic carbocycles. The molecular weight excluding hydrogens is 228 g/mol. The van der Waals surface area contributed by atoms with Gasteiger partial charge in [-0.25, -0.2) is 0 Å². The zero-order valence-electron chi connectivity index (χ0n) is 10.3. The topological polar surface area (TPSA) is 63.8 Å². The van der Waals surface area contributed by atoms with Gasteiger partial charge in [-0.15, -0.1) is 0 Å². The third kappa shape index (κ3) is 2.01. The Morgan fingerprint density at radius 2 is 2.33 bits per heavy atom. The first kappa shape index (κ1) is 11.3. The molecule has 3 rings (SSSR count). The lowest BCUT2D eigenvalue weighted by Gasteiger charge is -2.14. The largest absolute Gasteiger partial charge is 0.334 e. The fourth-order valence-corrected chi connectivity index (χ4v) is 2.61. The normalized spacial score (nSPS) is 23.4. The van der Waals surface area contributed by atoms with Gasteiger partial charge in [0.1, 0.15) is 0 Å². The summed E-state index contributed by atoms with van der Waals surface area (Å²) in [6, 6.07) is 4.25. The number of hydrogen-bond acceptors (Lipinski definition) is 5. The van der Waals surface area contributed by atoms with Crippen molar-refractivity contribution in [2.75, 3.05) is 7.05 Å². The average Bonchev–Trinajstić information content (AvgIpc) is 3.08. The van der Waals surface area contributed by atoms with Gasteiger partial charge in [0.2, 0.25) is 0 Å². The van der Waals surface area contributed by atoms with Crippen molar-refractivity contribution >= 4 is 0 Å². The average molecular weight is 244 g/mol. The molecule has 94 valence electrons. The van der Waals surface area contributed by atoms with Crippen LogP contribution in [0.1, 0.15) is 31.0 Å². The van der Waals surface area contributed by atoms with Gasteiger partial charge < -0.3 is 9.84 Å². The van der Waals surface area contributed by atoms with Crippen molar-refractivity contribution in [2.45, 2.75) is 31.2 Å². The van der Waals surface area contributed by atoms with Crippen molar-refractivity contribution in [1.82, 2.24) is 20.4 Å². The highest BCUT2D eigenvalue weighted by molar-refractivity contribution is 5.50. The highest BCUT2D eigenvalue weighted by atomic mass is 16.5. The Morgan fingerprint density at radius 3 is 3.11 bits per heavy atom. The Balaban J connectivity index is 1.86. The highest BCUT2D eigenvalue weighted by Crippen LogP contribution is 2.33. The van der Waals surface area contributed by atoms with E-state index in [0.717, 1.165) is 17.8 Å². The van der Waals surface area contributed by atoms with Crippen LogP contribution >= 0.6 is 0 Å². The van der Waals surface area contributed by atoms with E-state index in [4.69, 9.17) is 4.52 Å². The van der Waals surface area contributed by atoms with Crippen LogP contribution in [0, 0.1) is 0 Å². The van der Waals surface area contributed by atoms with Gasteiger partial charge in [-0.2, -0.15) is 4.98 Å². The Bertz CT molecular complexity index is 511. The van der Waals surface area contributed by atoms with Gasteiger partial charge in [-0.3, -0.25) is 4.98 Å². The van der Waals surface area contributed by atoms with Gasteiger partial charge in [0.25, 0.3) is 5.89 Å². The van der Waals surface area contributed by atoms with Gasteiger partial charge in [-0.1, -0.05) is 11.6 Å². The van der Waals surface area contributed by atoms with Crippen LogP contribution in [0.15, 0.2) is 29.0 Å². The van der Waals surface area contributed by atoms with Crippen LogP contribution < -0.4 is 5.32 Å². The molecule has 0 aromatic carbocycles. The van der Waals surface area contributed by atoms with Crippen LogP contribution in [-0.4, -0.2) is 28.2 Å². The molecule has 0 radical (unpaired) electrons. The molecule has 0 saturated heterocycles. The Hall–Kier alpha value is -1.75. The van der Waals surface area contributed by atoms with Gasteiger partial charge >= 0.3 is 0 Å². The lowest BCUT2D eigenvalue weighted by molar-refractivity contribution is 0.405. The number of pyridine rings is 1. The Labute approximate surface area is 106 Å². The smallest absolute Gasteiger partial charge is 0.259 e. The molecule has 1 N–H and O–H groups in total. The van der Waals surface area contributed by atoms with Crippen molar-refractivity contribution in [3.63, 3.8) is 0 Å². The van der Waals surface area contributed by atoms with E-state index in [1.54, 1.807) is 12.4 Å². The Kier molecular flexibility index (Phi) is 3.06. The molecule has 2 heterocycles. The third-order valence-electron chi connectivity index (χ3n) is 3.57. The number of rotatable bonds is 3. The minimum absolute atomic E-state index is 0.365. The van der Waals surface area contributed by atoms with Gasteiger partial charge in [-0.05, 0) is 32.0 Å². The minimum atomic E-state index is 0.365. The summed E-state index contributed by atoms with van der Waals surface area (Å²) in [5.41, 5.74) is 0.871. The van der Waals surface area contributed by atoms with Gasteiger partial charge in [0.05, 0.1) is 5.56 Å². The molecule has 2 aromatic rings. The summed E-state index contributed by atoms with van der Waals surface area (Å²) >= 11 is 0. The maximum Gasteiger partial charge on any atom is 0.259 e. The summed E-state index contributed by atoms with van der Waals surface area (Å²) in [6.07, 6.45) is 6.98. The summed E-state index contributed by atoms with van der Waals surface area (Å²) < 4.78 is 5.33. The quantitative estimate of drug-likeness (QED) is 0.894. The van der Waals surface area contributed by atoms with E-state index in [1.807, 2.05) is 19.2 Å². The number of likely N-dealkylation sites (N-methyl/N-ethyl adjacent to an activating group) is 1. The van der Waals surface area contributed by atoms with Crippen molar-refractivity contribution in [2.24, 2.45) is 0 Å². The molecule has 0 bridgehead atoms. The monoisotopic (exact) mass is 244 g/mol. The molecular formula is C13H16N4O. The third-order valence-corrected chi connectivity index (χ3v) is 3.57. The number of nitrogens with zero attached hydrogens (tertiary/aromatic N) is 3. The first-order valence-corrected chi connectivity index (χ1v) is 6.30. The summed E-state index contributed by atoms with van der Waals surface area (Å²) in [5, 5.41) is 7.45. The molecule has 0 aliphatic heterocycles. The molecule has 5 nitrogen and oxygen atoms in total. The SMILES string of the molecule is CN[C@@H]1CCC[C@H]1c1noc(-c2cccnc2)n1. The van der Waals surface area contributed by atoms with Crippen molar-refractivity contribution in [3.05, 3.63) is 30.4 Å². The van der Waals surface area contributed by atoms with Gasteiger partial charge in [0, 0.05) is 24.4 Å². The van der Waals surface area contributed by atoms with Crippen LogP contribution in [-0.2, 0) is 0 Å². The first-order chi connectivity index (χ1) is 8.88. The molecule has 0 spiro atoms. The summed E-state index contributed by atoms with van der Waals surface area (Å²) in [4.78, 5) is 8.56. The zero-order chi connectivity index (χ0) is 12.4. The molecule has 5 heteroatoms. The standard InChI is InChI=1S/C13H16N4O/c1-14-11-6-2-5-10(11)12-16-13(18-17-12)9-4-3-7-15-8-9/h3-4,7-8,10-11,14H,2,5-6H2,1H3/t10-,11-/m1/s1. The van der Waals surface area contributed by atoms with Crippen LogP contribution in [0.3, 0.4) is 0 Å². The number of aromatic nitrogens is 3. The molecule has 1 aliphatic rings. The van der Waals surface area contributed by atoms with Crippen LogP contribution in [0.4, 0.5) is 0 Å². The van der Waals surface area contributed by atoms with Crippen molar-refractivity contribution < 1.29 is 4.52 Å².